The molecule has 17 heavy (non-hydrogen) atoms. The fourth-order valence-electron chi connectivity index (χ4n) is 1.19. The smallest absolute Gasteiger partial charge is 0.343 e. The maximum Gasteiger partial charge on any atom is 0.343 e. The van der Waals surface area contributed by atoms with Gasteiger partial charge in [-0.3, -0.25) is 9.48 Å². The van der Waals surface area contributed by atoms with Crippen molar-refractivity contribution in [3.8, 4) is 6.07 Å². The SMILES string of the molecule is CCOC(=O)c1cnn(C)c1NC(=O)CC#N. The predicted octanol–water partition coefficient (Wildman–Crippen LogP) is 0.449. The third-order valence-corrected chi connectivity index (χ3v) is 1.93. The van der Waals surface area contributed by atoms with E-state index in [2.05, 4.69) is 10.4 Å². The van der Waals surface area contributed by atoms with Crippen LogP contribution in [0.5, 0.6) is 0 Å². The first-order valence-electron chi connectivity index (χ1n) is 4.96. The number of amides is 1. The molecule has 7 heteroatoms. The number of ether oxygens (including phenoxy) is 1. The maximum absolute atomic E-state index is 11.5. The van der Waals surface area contributed by atoms with E-state index in [9.17, 15) is 9.59 Å². The Kier molecular flexibility index (Phi) is 4.22. The average molecular weight is 236 g/mol. The number of rotatable bonds is 4. The van der Waals surface area contributed by atoms with Gasteiger partial charge in [-0.25, -0.2) is 4.79 Å². The van der Waals surface area contributed by atoms with Gasteiger partial charge < -0.3 is 10.1 Å². The summed E-state index contributed by atoms with van der Waals surface area (Å²) in [6.07, 6.45) is 1.02. The third kappa shape index (κ3) is 3.04. The van der Waals surface area contributed by atoms with Crippen molar-refractivity contribution in [1.29, 1.82) is 5.26 Å². The van der Waals surface area contributed by atoms with Gasteiger partial charge in [-0.1, -0.05) is 0 Å². The van der Waals surface area contributed by atoms with Gasteiger partial charge in [0.15, 0.2) is 0 Å². The molecule has 1 N–H and O–H groups in total. The largest absolute Gasteiger partial charge is 0.462 e. The van der Waals surface area contributed by atoms with Crippen molar-refractivity contribution in [1.82, 2.24) is 9.78 Å². The Balaban J connectivity index is 2.91. The Morgan fingerprint density at radius 3 is 2.94 bits per heavy atom. The summed E-state index contributed by atoms with van der Waals surface area (Å²) in [5, 5.41) is 14.7. The van der Waals surface area contributed by atoms with Crippen LogP contribution in [0.25, 0.3) is 0 Å². The van der Waals surface area contributed by atoms with Crippen LogP contribution in [-0.4, -0.2) is 28.3 Å². The zero-order valence-corrected chi connectivity index (χ0v) is 9.56. The Morgan fingerprint density at radius 2 is 2.35 bits per heavy atom. The fourth-order valence-corrected chi connectivity index (χ4v) is 1.19. The normalized spacial score (nSPS) is 9.47. The number of carbonyl (C=O) groups is 2. The van der Waals surface area contributed by atoms with E-state index in [1.807, 2.05) is 0 Å². The molecule has 1 aromatic rings. The maximum atomic E-state index is 11.5. The minimum absolute atomic E-state index is 0.167. The molecule has 0 aliphatic carbocycles. The summed E-state index contributed by atoms with van der Waals surface area (Å²) in [4.78, 5) is 22.8. The van der Waals surface area contributed by atoms with Crippen LogP contribution in [0, 0.1) is 11.3 Å². The lowest BCUT2D eigenvalue weighted by Gasteiger charge is -2.06. The number of nitrogens with one attached hydrogen (secondary N) is 1. The summed E-state index contributed by atoms with van der Waals surface area (Å²) in [5.74, 6) is -0.835. The van der Waals surface area contributed by atoms with E-state index in [-0.39, 0.29) is 24.4 Å². The molecule has 1 amide bonds. The summed E-state index contributed by atoms with van der Waals surface area (Å²) >= 11 is 0. The number of nitrogens with zero attached hydrogens (tertiary/aromatic N) is 3. The van der Waals surface area contributed by atoms with E-state index >= 15 is 0 Å². The van der Waals surface area contributed by atoms with Crippen molar-refractivity contribution in [3.63, 3.8) is 0 Å². The number of esters is 1. The molecule has 0 saturated heterocycles. The van der Waals surface area contributed by atoms with Gasteiger partial charge in [-0.2, -0.15) is 10.4 Å². The van der Waals surface area contributed by atoms with Crippen LogP contribution in [0.2, 0.25) is 0 Å². The highest BCUT2D eigenvalue weighted by molar-refractivity contribution is 6.00. The molecular weight excluding hydrogens is 224 g/mol. The van der Waals surface area contributed by atoms with E-state index in [0.717, 1.165) is 0 Å². The number of hydrogen-bond donors (Lipinski definition) is 1. The number of nitriles is 1. The molecule has 0 radical (unpaired) electrons. The Bertz CT molecular complexity index is 472. The number of carbonyl (C=O) groups excluding carboxylic acids is 2. The van der Waals surface area contributed by atoms with E-state index in [1.54, 1.807) is 20.0 Å². The van der Waals surface area contributed by atoms with Gasteiger partial charge in [0.25, 0.3) is 0 Å². The first-order chi connectivity index (χ1) is 8.10. The van der Waals surface area contributed by atoms with Crippen molar-refractivity contribution in [2.75, 3.05) is 11.9 Å². The highest BCUT2D eigenvalue weighted by Crippen LogP contribution is 2.15. The van der Waals surface area contributed by atoms with Crippen molar-refractivity contribution in [3.05, 3.63) is 11.8 Å². The number of anilines is 1. The second-order valence-corrected chi connectivity index (χ2v) is 3.13. The van der Waals surface area contributed by atoms with Crippen molar-refractivity contribution < 1.29 is 14.3 Å². The number of hydrogen-bond acceptors (Lipinski definition) is 5. The molecule has 0 spiro atoms. The topological polar surface area (TPSA) is 97.0 Å². The fraction of sp³-hybridized carbons (Fsp3) is 0.400. The highest BCUT2D eigenvalue weighted by atomic mass is 16.5. The van der Waals surface area contributed by atoms with Crippen molar-refractivity contribution in [2.24, 2.45) is 7.05 Å². The van der Waals surface area contributed by atoms with Crippen LogP contribution >= 0.6 is 0 Å². The zero-order valence-electron chi connectivity index (χ0n) is 9.56. The molecule has 1 heterocycles. The monoisotopic (exact) mass is 236 g/mol. The van der Waals surface area contributed by atoms with Crippen LogP contribution < -0.4 is 5.32 Å². The minimum atomic E-state index is -0.562. The number of aromatic nitrogens is 2. The van der Waals surface area contributed by atoms with E-state index in [1.165, 1.54) is 10.9 Å². The van der Waals surface area contributed by atoms with E-state index in [4.69, 9.17) is 10.00 Å². The third-order valence-electron chi connectivity index (χ3n) is 1.93. The molecule has 0 fully saturated rings. The standard InChI is InChI=1S/C10H12N4O3/c1-3-17-10(16)7-6-12-14(2)9(7)13-8(15)4-5-11/h6H,3-4H2,1-2H3,(H,13,15). The molecule has 0 unspecified atom stereocenters. The Hall–Kier alpha value is -2.36. The van der Waals surface area contributed by atoms with Gasteiger partial charge in [0.1, 0.15) is 17.8 Å². The molecule has 7 nitrogen and oxygen atoms in total. The number of aryl methyl sites for hydroxylation is 1. The molecule has 90 valence electrons. The first-order valence-corrected chi connectivity index (χ1v) is 4.96. The lowest BCUT2D eigenvalue weighted by molar-refractivity contribution is -0.115. The second kappa shape index (κ2) is 5.65. The summed E-state index contributed by atoms with van der Waals surface area (Å²) in [7, 11) is 1.57. The Morgan fingerprint density at radius 1 is 1.65 bits per heavy atom. The molecular formula is C10H12N4O3. The van der Waals surface area contributed by atoms with Gasteiger partial charge in [-0.15, -0.1) is 0 Å². The summed E-state index contributed by atoms with van der Waals surface area (Å²) in [5.41, 5.74) is 0.167. The average Bonchev–Trinajstić information content (AvgIpc) is 2.61. The van der Waals surface area contributed by atoms with Crippen LogP contribution in [0.15, 0.2) is 6.20 Å². The molecule has 0 aliphatic rings. The molecule has 0 aromatic carbocycles. The minimum Gasteiger partial charge on any atom is -0.462 e. The van der Waals surface area contributed by atoms with Gasteiger partial charge >= 0.3 is 5.97 Å². The quantitative estimate of drug-likeness (QED) is 0.765. The van der Waals surface area contributed by atoms with Crippen LogP contribution in [-0.2, 0) is 16.6 Å². The van der Waals surface area contributed by atoms with Crippen molar-refractivity contribution in [2.45, 2.75) is 13.3 Å². The highest BCUT2D eigenvalue weighted by Gasteiger charge is 2.18. The van der Waals surface area contributed by atoms with Crippen LogP contribution in [0.4, 0.5) is 5.82 Å². The van der Waals surface area contributed by atoms with Crippen LogP contribution in [0.1, 0.15) is 23.7 Å². The van der Waals surface area contributed by atoms with Crippen LogP contribution in [0.3, 0.4) is 0 Å². The van der Waals surface area contributed by atoms with Gasteiger partial charge in [0.05, 0.1) is 18.9 Å². The predicted molar refractivity (Wildman–Crippen MR) is 58.0 cm³/mol. The Labute approximate surface area is 98.0 Å². The summed E-state index contributed by atoms with van der Waals surface area (Å²) < 4.78 is 6.15. The van der Waals surface area contributed by atoms with Crippen molar-refractivity contribution >= 4 is 17.7 Å². The van der Waals surface area contributed by atoms with Gasteiger partial charge in [0, 0.05) is 7.05 Å². The summed E-state index contributed by atoms with van der Waals surface area (Å²) in [6, 6.07) is 1.72. The lowest BCUT2D eigenvalue weighted by atomic mass is 10.3. The molecule has 0 saturated carbocycles. The molecule has 0 atom stereocenters. The molecule has 0 bridgehead atoms. The zero-order chi connectivity index (χ0) is 12.8. The molecule has 0 aliphatic heterocycles. The first kappa shape index (κ1) is 12.7. The second-order valence-electron chi connectivity index (χ2n) is 3.13. The van der Waals surface area contributed by atoms with Gasteiger partial charge in [-0.05, 0) is 6.92 Å². The summed E-state index contributed by atoms with van der Waals surface area (Å²) in [6.45, 7) is 1.92. The lowest BCUT2D eigenvalue weighted by Crippen LogP contribution is -2.16. The van der Waals surface area contributed by atoms with Gasteiger partial charge in [0.2, 0.25) is 5.91 Å². The van der Waals surface area contributed by atoms with E-state index < -0.39 is 11.9 Å². The molecule has 1 aromatic heterocycles. The van der Waals surface area contributed by atoms with E-state index in [0.29, 0.717) is 0 Å². The molecule has 1 rings (SSSR count).